The van der Waals surface area contributed by atoms with Crippen LogP contribution in [0.4, 0.5) is 11.5 Å². The lowest BCUT2D eigenvalue weighted by Gasteiger charge is -2.05. The van der Waals surface area contributed by atoms with Gasteiger partial charge in [-0.1, -0.05) is 0 Å². The summed E-state index contributed by atoms with van der Waals surface area (Å²) in [4.78, 5) is 11.8. The molecule has 0 radical (unpaired) electrons. The van der Waals surface area contributed by atoms with E-state index in [-0.39, 0.29) is 0 Å². The van der Waals surface area contributed by atoms with Crippen molar-refractivity contribution in [2.24, 2.45) is 0 Å². The summed E-state index contributed by atoms with van der Waals surface area (Å²) < 4.78 is 0. The maximum Gasteiger partial charge on any atom is 0.125 e. The van der Waals surface area contributed by atoms with Crippen molar-refractivity contribution < 1.29 is 0 Å². The SMILES string of the molecule is Nc1cc(NCc2ccncn2)ccn1. The van der Waals surface area contributed by atoms with Crippen molar-refractivity contribution in [2.75, 3.05) is 11.1 Å². The first-order valence-corrected chi connectivity index (χ1v) is 4.55. The number of nitrogen functional groups attached to an aromatic ring is 1. The molecule has 3 N–H and O–H groups in total. The normalized spacial score (nSPS) is 9.87. The van der Waals surface area contributed by atoms with Gasteiger partial charge >= 0.3 is 0 Å². The van der Waals surface area contributed by atoms with E-state index in [1.807, 2.05) is 12.1 Å². The lowest BCUT2D eigenvalue weighted by atomic mass is 10.3. The Kier molecular flexibility index (Phi) is 2.73. The van der Waals surface area contributed by atoms with Crippen molar-refractivity contribution in [3.8, 4) is 0 Å². The number of aromatic nitrogens is 3. The number of nitrogens with zero attached hydrogens (tertiary/aromatic N) is 3. The van der Waals surface area contributed by atoms with Crippen LogP contribution in [-0.2, 0) is 6.54 Å². The first-order chi connectivity index (χ1) is 7.34. The van der Waals surface area contributed by atoms with E-state index in [9.17, 15) is 0 Å². The summed E-state index contributed by atoms with van der Waals surface area (Å²) >= 11 is 0. The molecule has 0 fully saturated rings. The van der Waals surface area contributed by atoms with Crippen LogP contribution in [0.5, 0.6) is 0 Å². The van der Waals surface area contributed by atoms with E-state index in [0.29, 0.717) is 12.4 Å². The van der Waals surface area contributed by atoms with Gasteiger partial charge in [0.1, 0.15) is 12.1 Å². The molecule has 0 saturated heterocycles. The molecule has 2 aromatic heterocycles. The topological polar surface area (TPSA) is 76.7 Å². The first-order valence-electron chi connectivity index (χ1n) is 4.55. The van der Waals surface area contributed by atoms with E-state index in [4.69, 9.17) is 5.73 Å². The summed E-state index contributed by atoms with van der Waals surface area (Å²) in [5.41, 5.74) is 7.41. The molecule has 0 aliphatic rings. The number of nitrogens with two attached hydrogens (primary N) is 1. The van der Waals surface area contributed by atoms with Gasteiger partial charge in [-0.2, -0.15) is 0 Å². The fourth-order valence-electron chi connectivity index (χ4n) is 1.17. The fraction of sp³-hybridized carbons (Fsp3) is 0.100. The molecule has 15 heavy (non-hydrogen) atoms. The molecule has 5 nitrogen and oxygen atoms in total. The van der Waals surface area contributed by atoms with Gasteiger partial charge in [-0.3, -0.25) is 0 Å². The zero-order valence-electron chi connectivity index (χ0n) is 8.09. The largest absolute Gasteiger partial charge is 0.384 e. The average molecular weight is 201 g/mol. The smallest absolute Gasteiger partial charge is 0.125 e. The zero-order chi connectivity index (χ0) is 10.5. The second kappa shape index (κ2) is 4.36. The zero-order valence-corrected chi connectivity index (χ0v) is 8.09. The van der Waals surface area contributed by atoms with Crippen LogP contribution in [-0.4, -0.2) is 15.0 Å². The predicted octanol–water partition coefficient (Wildman–Crippen LogP) is 1.07. The van der Waals surface area contributed by atoms with E-state index in [0.717, 1.165) is 11.4 Å². The Morgan fingerprint density at radius 3 is 2.87 bits per heavy atom. The van der Waals surface area contributed by atoms with Crippen LogP contribution in [0.1, 0.15) is 5.69 Å². The van der Waals surface area contributed by atoms with Gasteiger partial charge in [0.25, 0.3) is 0 Å². The molecule has 0 aliphatic carbocycles. The van der Waals surface area contributed by atoms with Crippen LogP contribution < -0.4 is 11.1 Å². The molecule has 76 valence electrons. The van der Waals surface area contributed by atoms with E-state index in [1.165, 1.54) is 6.33 Å². The Morgan fingerprint density at radius 2 is 2.13 bits per heavy atom. The van der Waals surface area contributed by atoms with Crippen molar-refractivity contribution in [1.29, 1.82) is 0 Å². The van der Waals surface area contributed by atoms with Gasteiger partial charge in [-0.25, -0.2) is 15.0 Å². The van der Waals surface area contributed by atoms with Crippen LogP contribution in [0.15, 0.2) is 36.9 Å². The maximum atomic E-state index is 5.55. The third-order valence-electron chi connectivity index (χ3n) is 1.90. The van der Waals surface area contributed by atoms with E-state index >= 15 is 0 Å². The number of hydrogen-bond donors (Lipinski definition) is 2. The van der Waals surface area contributed by atoms with Crippen LogP contribution in [0.2, 0.25) is 0 Å². The molecule has 0 unspecified atom stereocenters. The molecule has 0 saturated carbocycles. The van der Waals surface area contributed by atoms with Gasteiger partial charge in [0.2, 0.25) is 0 Å². The lowest BCUT2D eigenvalue weighted by Crippen LogP contribution is -2.02. The summed E-state index contributed by atoms with van der Waals surface area (Å²) in [5, 5.41) is 3.19. The highest BCUT2D eigenvalue weighted by atomic mass is 14.9. The minimum Gasteiger partial charge on any atom is -0.384 e. The molecule has 0 aliphatic heterocycles. The molecule has 0 spiro atoms. The lowest BCUT2D eigenvalue weighted by molar-refractivity contribution is 1.01. The van der Waals surface area contributed by atoms with Crippen LogP contribution in [0.3, 0.4) is 0 Å². The van der Waals surface area contributed by atoms with E-state index in [2.05, 4.69) is 20.3 Å². The standard InChI is InChI=1S/C10H11N5/c11-10-5-8(2-4-13-10)14-6-9-1-3-12-7-15-9/h1-5,7H,6H2,(H3,11,13,14). The Hall–Kier alpha value is -2.17. The number of hydrogen-bond acceptors (Lipinski definition) is 5. The molecular weight excluding hydrogens is 190 g/mol. The number of nitrogens with one attached hydrogen (secondary N) is 1. The molecule has 5 heteroatoms. The summed E-state index contributed by atoms with van der Waals surface area (Å²) in [6, 6.07) is 5.50. The Labute approximate surface area is 87.4 Å². The van der Waals surface area contributed by atoms with Crippen molar-refractivity contribution in [2.45, 2.75) is 6.54 Å². The molecule has 0 aromatic carbocycles. The third-order valence-corrected chi connectivity index (χ3v) is 1.90. The molecule has 2 heterocycles. The Balaban J connectivity index is 1.99. The molecule has 2 rings (SSSR count). The van der Waals surface area contributed by atoms with Gasteiger partial charge in [-0.05, 0) is 12.1 Å². The number of anilines is 2. The minimum atomic E-state index is 0.502. The maximum absolute atomic E-state index is 5.55. The summed E-state index contributed by atoms with van der Waals surface area (Å²) in [7, 11) is 0. The van der Waals surface area contributed by atoms with Crippen molar-refractivity contribution in [3.05, 3.63) is 42.6 Å². The molecule has 2 aromatic rings. The second-order valence-corrected chi connectivity index (χ2v) is 3.02. The average Bonchev–Trinajstić information content (AvgIpc) is 2.28. The summed E-state index contributed by atoms with van der Waals surface area (Å²) in [6.07, 6.45) is 4.90. The highest BCUT2D eigenvalue weighted by Gasteiger charge is 1.95. The second-order valence-electron chi connectivity index (χ2n) is 3.02. The quantitative estimate of drug-likeness (QED) is 0.776. The van der Waals surface area contributed by atoms with Gasteiger partial charge in [0.05, 0.1) is 12.2 Å². The summed E-state index contributed by atoms with van der Waals surface area (Å²) in [6.45, 7) is 0.645. The molecule has 0 bridgehead atoms. The molecule has 0 amide bonds. The van der Waals surface area contributed by atoms with Gasteiger partial charge in [0, 0.05) is 24.1 Å². The van der Waals surface area contributed by atoms with Crippen molar-refractivity contribution in [1.82, 2.24) is 15.0 Å². The van der Waals surface area contributed by atoms with E-state index in [1.54, 1.807) is 18.5 Å². The van der Waals surface area contributed by atoms with Gasteiger partial charge < -0.3 is 11.1 Å². The minimum absolute atomic E-state index is 0.502. The Morgan fingerprint density at radius 1 is 1.20 bits per heavy atom. The van der Waals surface area contributed by atoms with Crippen molar-refractivity contribution >= 4 is 11.5 Å². The third kappa shape index (κ3) is 2.63. The first kappa shape index (κ1) is 9.39. The number of pyridine rings is 1. The summed E-state index contributed by atoms with van der Waals surface area (Å²) in [5.74, 6) is 0.502. The number of rotatable bonds is 3. The highest BCUT2D eigenvalue weighted by molar-refractivity contribution is 5.49. The van der Waals surface area contributed by atoms with Crippen LogP contribution in [0.25, 0.3) is 0 Å². The highest BCUT2D eigenvalue weighted by Crippen LogP contribution is 2.09. The van der Waals surface area contributed by atoms with Gasteiger partial charge in [0.15, 0.2) is 0 Å². The monoisotopic (exact) mass is 201 g/mol. The van der Waals surface area contributed by atoms with E-state index < -0.39 is 0 Å². The Bertz CT molecular complexity index is 429. The predicted molar refractivity (Wildman–Crippen MR) is 58.0 cm³/mol. The fourth-order valence-corrected chi connectivity index (χ4v) is 1.17. The van der Waals surface area contributed by atoms with Crippen molar-refractivity contribution in [3.63, 3.8) is 0 Å². The van der Waals surface area contributed by atoms with Gasteiger partial charge in [-0.15, -0.1) is 0 Å². The molecular formula is C10H11N5. The van der Waals surface area contributed by atoms with Crippen LogP contribution >= 0.6 is 0 Å². The molecule has 0 atom stereocenters. The van der Waals surface area contributed by atoms with Crippen LogP contribution in [0, 0.1) is 0 Å².